The number of hydrogen-bond acceptors (Lipinski definition) is 10. The lowest BCUT2D eigenvalue weighted by Gasteiger charge is -2.54. The first-order valence-electron chi connectivity index (χ1n) is 12.6. The average molecular weight is 518 g/mol. The number of ether oxygens (including phenoxy) is 6. The summed E-state index contributed by atoms with van der Waals surface area (Å²) in [6, 6.07) is 0. The molecule has 0 aromatic rings. The molecule has 3 aliphatic rings. The molecule has 3 aliphatic heterocycles. The summed E-state index contributed by atoms with van der Waals surface area (Å²) < 4.78 is 35.5. The number of nitrogens with one attached hydrogen (secondary N) is 1. The quantitative estimate of drug-likeness (QED) is 0.318. The Labute approximate surface area is 213 Å². The molecule has 0 aromatic carbocycles. The van der Waals surface area contributed by atoms with E-state index in [0.29, 0.717) is 0 Å². The number of amides is 1. The zero-order chi connectivity index (χ0) is 26.8. The van der Waals surface area contributed by atoms with Gasteiger partial charge >= 0.3 is 0 Å². The van der Waals surface area contributed by atoms with E-state index < -0.39 is 66.6 Å². The van der Waals surface area contributed by atoms with Gasteiger partial charge in [-0.05, 0) is 13.8 Å². The largest absolute Gasteiger partial charge is 0.394 e. The van der Waals surface area contributed by atoms with E-state index in [1.54, 1.807) is 14.0 Å². The summed E-state index contributed by atoms with van der Waals surface area (Å²) in [6.45, 7) is 13.2. The van der Waals surface area contributed by atoms with Crippen molar-refractivity contribution in [2.75, 3.05) is 27.1 Å². The Morgan fingerprint density at radius 1 is 1.25 bits per heavy atom. The Bertz CT molecular complexity index is 778. The third-order valence-electron chi connectivity index (χ3n) is 7.81. The lowest BCUT2D eigenvalue weighted by atomic mass is 9.72. The minimum absolute atomic E-state index is 0.0459. The van der Waals surface area contributed by atoms with Gasteiger partial charge in [-0.15, -0.1) is 0 Å². The highest BCUT2D eigenvalue weighted by Crippen LogP contribution is 2.44. The van der Waals surface area contributed by atoms with E-state index in [4.69, 9.17) is 28.4 Å². The molecule has 208 valence electrons. The van der Waals surface area contributed by atoms with Crippen LogP contribution in [-0.2, 0) is 33.2 Å². The van der Waals surface area contributed by atoms with Gasteiger partial charge in [0.2, 0.25) is 5.79 Å². The van der Waals surface area contributed by atoms with Crippen molar-refractivity contribution < 1.29 is 48.5 Å². The predicted octanol–water partition coefficient (Wildman–Crippen LogP) is 0.448. The molecule has 0 radical (unpaired) electrons. The molecule has 3 rings (SSSR count). The summed E-state index contributed by atoms with van der Waals surface area (Å²) >= 11 is 0. The highest BCUT2D eigenvalue weighted by Gasteiger charge is 2.57. The number of carbonyl (C=O) groups excluding carboxylic acids is 1. The molecule has 0 aromatic heterocycles. The van der Waals surface area contributed by atoms with Gasteiger partial charge in [-0.25, -0.2) is 0 Å². The van der Waals surface area contributed by atoms with Crippen LogP contribution in [0.4, 0.5) is 0 Å². The third kappa shape index (κ3) is 5.64. The zero-order valence-corrected chi connectivity index (χ0v) is 22.1. The zero-order valence-electron chi connectivity index (χ0n) is 22.1. The number of hydrogen-bond donors (Lipinski definition) is 4. The van der Waals surface area contributed by atoms with E-state index >= 15 is 0 Å². The number of methoxy groups -OCH3 is 1. The van der Waals surface area contributed by atoms with Crippen LogP contribution in [-0.4, -0.2) is 103 Å². The van der Waals surface area contributed by atoms with Gasteiger partial charge in [0.1, 0.15) is 19.0 Å². The maximum Gasteiger partial charge on any atom is 0.256 e. The molecule has 0 saturated carbocycles. The predicted molar refractivity (Wildman–Crippen MR) is 128 cm³/mol. The number of aliphatic hydroxyl groups is 3. The smallest absolute Gasteiger partial charge is 0.256 e. The molecule has 0 unspecified atom stereocenters. The number of aliphatic hydroxyl groups excluding tert-OH is 3. The molecule has 3 saturated heterocycles. The second-order valence-electron chi connectivity index (χ2n) is 10.6. The minimum atomic E-state index is -1.67. The molecule has 1 amide bonds. The fraction of sp³-hybridized carbons (Fsp3) is 0.880. The van der Waals surface area contributed by atoms with Crippen LogP contribution < -0.4 is 5.32 Å². The van der Waals surface area contributed by atoms with Crippen LogP contribution in [0.25, 0.3) is 0 Å². The van der Waals surface area contributed by atoms with Crippen LogP contribution in [0.5, 0.6) is 0 Å². The van der Waals surface area contributed by atoms with E-state index in [0.717, 1.165) is 5.57 Å². The molecule has 10 atom stereocenters. The molecule has 36 heavy (non-hydrogen) atoms. The van der Waals surface area contributed by atoms with Crippen molar-refractivity contribution in [1.29, 1.82) is 0 Å². The van der Waals surface area contributed by atoms with Gasteiger partial charge in [0, 0.05) is 37.9 Å². The van der Waals surface area contributed by atoms with Crippen molar-refractivity contribution in [3.05, 3.63) is 12.2 Å². The van der Waals surface area contributed by atoms with Gasteiger partial charge in [-0.2, -0.15) is 0 Å². The molecule has 3 fully saturated rings. The highest BCUT2D eigenvalue weighted by atomic mass is 16.7. The molecule has 0 bridgehead atoms. The molecule has 3 heterocycles. The molecular formula is C25H43NO10. The fourth-order valence-electron chi connectivity index (χ4n) is 5.43. The van der Waals surface area contributed by atoms with Gasteiger partial charge in [-0.3, -0.25) is 4.79 Å². The van der Waals surface area contributed by atoms with Crippen LogP contribution in [0.2, 0.25) is 0 Å². The van der Waals surface area contributed by atoms with E-state index in [-0.39, 0.29) is 38.3 Å². The molecule has 0 aliphatic carbocycles. The van der Waals surface area contributed by atoms with Crippen molar-refractivity contribution >= 4 is 5.91 Å². The number of rotatable bonds is 9. The molecular weight excluding hydrogens is 474 g/mol. The lowest BCUT2D eigenvalue weighted by Crippen LogP contribution is -2.69. The molecule has 11 heteroatoms. The topological polar surface area (TPSA) is 145 Å². The first kappa shape index (κ1) is 29.4. The van der Waals surface area contributed by atoms with Crippen molar-refractivity contribution in [2.24, 2.45) is 11.3 Å². The normalized spacial score (nSPS) is 40.2. The van der Waals surface area contributed by atoms with Crippen molar-refractivity contribution in [1.82, 2.24) is 5.32 Å². The summed E-state index contributed by atoms with van der Waals surface area (Å²) in [7, 11) is 1.56. The Balaban J connectivity index is 1.81. The minimum Gasteiger partial charge on any atom is -0.394 e. The first-order chi connectivity index (χ1) is 16.9. The van der Waals surface area contributed by atoms with Crippen LogP contribution in [0.15, 0.2) is 12.2 Å². The van der Waals surface area contributed by atoms with Crippen molar-refractivity contribution in [2.45, 2.75) is 102 Å². The van der Waals surface area contributed by atoms with Crippen LogP contribution in [0.1, 0.15) is 47.5 Å². The van der Waals surface area contributed by atoms with E-state index in [9.17, 15) is 20.1 Å². The molecule has 0 spiro atoms. The lowest BCUT2D eigenvalue weighted by molar-refractivity contribution is -0.333. The van der Waals surface area contributed by atoms with Gasteiger partial charge in [0.05, 0.1) is 31.0 Å². The van der Waals surface area contributed by atoms with Crippen molar-refractivity contribution in [3.8, 4) is 0 Å². The standard InChI is InChI=1S/C25H43NO10/c1-8-34-25(10-13(2)14(3)15(4)36-25)20(29)22(30)26-23-19-18(32-12-33-23)21(31-7)24(5,6)17(35-19)9-16(28)11-27/h14-21,23,27-29H,2,8-12H2,1,3-7H3,(H,26,30)/t14-,15-,16-,17-,18+,19+,20-,21-,23-,25-/m1/s1. The second kappa shape index (κ2) is 11.7. The summed E-state index contributed by atoms with van der Waals surface area (Å²) in [4.78, 5) is 13.3. The fourth-order valence-corrected chi connectivity index (χ4v) is 5.43. The summed E-state index contributed by atoms with van der Waals surface area (Å²) in [6.07, 6.45) is -6.01. The summed E-state index contributed by atoms with van der Waals surface area (Å²) in [5.41, 5.74) is 0.238. The maximum absolute atomic E-state index is 13.3. The van der Waals surface area contributed by atoms with Crippen LogP contribution in [0.3, 0.4) is 0 Å². The molecule has 11 nitrogen and oxygen atoms in total. The Hall–Kier alpha value is -1.15. The van der Waals surface area contributed by atoms with Gasteiger partial charge in [0.25, 0.3) is 5.91 Å². The summed E-state index contributed by atoms with van der Waals surface area (Å²) in [5.74, 6) is -2.28. The van der Waals surface area contributed by atoms with Crippen LogP contribution >= 0.6 is 0 Å². The van der Waals surface area contributed by atoms with Gasteiger partial charge in [0.15, 0.2) is 12.3 Å². The Morgan fingerprint density at radius 3 is 2.53 bits per heavy atom. The number of fused-ring (bicyclic) bond motifs is 1. The van der Waals surface area contributed by atoms with Crippen LogP contribution in [0, 0.1) is 11.3 Å². The van der Waals surface area contributed by atoms with Gasteiger partial charge < -0.3 is 49.1 Å². The second-order valence-corrected chi connectivity index (χ2v) is 10.6. The van der Waals surface area contributed by atoms with E-state index in [1.165, 1.54) is 0 Å². The number of carbonyl (C=O) groups is 1. The monoisotopic (exact) mass is 517 g/mol. The SMILES string of the molecule is C=C1C[C@](OCC)([C@H](O)C(=O)N[C@@H]2OCO[C@H]3[C@@H]2O[C@H](C[C@@H](O)CO)C(C)(C)[C@@H]3OC)O[C@H](C)[C@@H]1C. The van der Waals surface area contributed by atoms with E-state index in [1.807, 2.05) is 27.7 Å². The Kier molecular flexibility index (Phi) is 9.57. The summed E-state index contributed by atoms with van der Waals surface area (Å²) in [5, 5.41) is 33.3. The van der Waals surface area contributed by atoms with Crippen molar-refractivity contribution in [3.63, 3.8) is 0 Å². The Morgan fingerprint density at radius 2 is 1.94 bits per heavy atom. The average Bonchev–Trinajstić information content (AvgIpc) is 2.82. The van der Waals surface area contributed by atoms with Gasteiger partial charge in [-0.1, -0.05) is 32.9 Å². The molecule has 4 N–H and O–H groups in total. The maximum atomic E-state index is 13.3. The third-order valence-corrected chi connectivity index (χ3v) is 7.81. The first-order valence-corrected chi connectivity index (χ1v) is 12.6. The highest BCUT2D eigenvalue weighted by molar-refractivity contribution is 5.82. The van der Waals surface area contributed by atoms with E-state index in [2.05, 4.69) is 11.9 Å².